The van der Waals surface area contributed by atoms with Crippen LogP contribution in [0, 0.1) is 17.3 Å². The van der Waals surface area contributed by atoms with E-state index in [4.69, 9.17) is 0 Å². The van der Waals surface area contributed by atoms with Crippen LogP contribution < -0.4 is 0 Å². The summed E-state index contributed by atoms with van der Waals surface area (Å²) in [5.41, 5.74) is 1.65. The number of nitrogens with zero attached hydrogens (tertiary/aromatic N) is 1. The molecular weight excluding hydrogens is 242 g/mol. The van der Waals surface area contributed by atoms with E-state index >= 15 is 0 Å². The van der Waals surface area contributed by atoms with Crippen molar-refractivity contribution >= 4 is 6.21 Å². The Balaban J connectivity index is 1.74. The minimum absolute atomic E-state index is 0.376. The fraction of sp³-hybridized carbons (Fsp3) is 0.737. The lowest BCUT2D eigenvalue weighted by Gasteiger charge is -2.20. The molecule has 112 valence electrons. The average molecular weight is 273 g/mol. The highest BCUT2D eigenvalue weighted by Gasteiger charge is 2.49. The van der Waals surface area contributed by atoms with Crippen LogP contribution in [0.2, 0.25) is 0 Å². The Morgan fingerprint density at radius 3 is 2.60 bits per heavy atom. The molecule has 0 aromatic rings. The van der Waals surface area contributed by atoms with Gasteiger partial charge < -0.3 is 0 Å². The molecule has 0 amide bonds. The van der Waals surface area contributed by atoms with E-state index in [0.717, 1.165) is 5.92 Å². The zero-order valence-electron chi connectivity index (χ0n) is 13.6. The molecule has 1 nitrogen and oxygen atoms in total. The lowest BCUT2D eigenvalue weighted by atomic mass is 9.86. The largest absolute Gasteiger partial charge is 0.266 e. The predicted octanol–water partition coefficient (Wildman–Crippen LogP) is 5.92. The second-order valence-corrected chi connectivity index (χ2v) is 6.85. The summed E-state index contributed by atoms with van der Waals surface area (Å²) < 4.78 is 0. The molecule has 0 aromatic carbocycles. The van der Waals surface area contributed by atoms with E-state index in [-0.39, 0.29) is 0 Å². The van der Waals surface area contributed by atoms with Crippen LogP contribution in [0.4, 0.5) is 0 Å². The Morgan fingerprint density at radius 1 is 1.20 bits per heavy atom. The van der Waals surface area contributed by atoms with E-state index in [1.54, 1.807) is 0 Å². The monoisotopic (exact) mass is 273 g/mol. The van der Waals surface area contributed by atoms with Crippen molar-refractivity contribution in [1.29, 1.82) is 0 Å². The molecule has 2 saturated carbocycles. The zero-order valence-corrected chi connectivity index (χ0v) is 13.6. The molecule has 0 heterocycles. The number of hydrogen-bond acceptors (Lipinski definition) is 1. The fourth-order valence-electron chi connectivity index (χ4n) is 3.68. The Morgan fingerprint density at radius 2 is 1.95 bits per heavy atom. The van der Waals surface area contributed by atoms with E-state index in [2.05, 4.69) is 37.1 Å². The molecule has 0 N–H and O–H groups in total. The molecule has 0 radical (unpaired) electrons. The molecule has 0 bridgehead atoms. The first-order chi connectivity index (χ1) is 9.69. The van der Waals surface area contributed by atoms with Crippen molar-refractivity contribution in [2.75, 3.05) is 0 Å². The molecule has 1 heteroatoms. The van der Waals surface area contributed by atoms with Crippen LogP contribution in [0.1, 0.15) is 72.1 Å². The highest BCUT2D eigenvalue weighted by atomic mass is 14.8. The maximum atomic E-state index is 4.50. The third kappa shape index (κ3) is 4.07. The molecular formula is C19H31N. The summed E-state index contributed by atoms with van der Waals surface area (Å²) in [5, 5.41) is 0. The molecule has 20 heavy (non-hydrogen) atoms. The molecule has 0 spiro atoms. The first-order valence-corrected chi connectivity index (χ1v) is 8.52. The van der Waals surface area contributed by atoms with Gasteiger partial charge in [0.25, 0.3) is 0 Å². The van der Waals surface area contributed by atoms with E-state index < -0.39 is 0 Å². The van der Waals surface area contributed by atoms with Gasteiger partial charge in [-0.25, -0.2) is 0 Å². The van der Waals surface area contributed by atoms with Crippen molar-refractivity contribution in [2.45, 2.75) is 72.1 Å². The lowest BCUT2D eigenvalue weighted by molar-refractivity contribution is 0.341. The fourth-order valence-corrected chi connectivity index (χ4v) is 3.68. The minimum atomic E-state index is 0.376. The highest BCUT2D eigenvalue weighted by molar-refractivity contribution is 5.56. The second-order valence-electron chi connectivity index (χ2n) is 6.85. The first-order valence-electron chi connectivity index (χ1n) is 8.52. The van der Waals surface area contributed by atoms with Gasteiger partial charge in [0.2, 0.25) is 0 Å². The van der Waals surface area contributed by atoms with Crippen molar-refractivity contribution in [3.05, 3.63) is 23.9 Å². The van der Waals surface area contributed by atoms with Gasteiger partial charge in [0, 0.05) is 17.8 Å². The third-order valence-electron chi connectivity index (χ3n) is 5.18. The van der Waals surface area contributed by atoms with Gasteiger partial charge >= 0.3 is 0 Å². The number of allylic oxidation sites excluding steroid dienone is 4. The highest BCUT2D eigenvalue weighted by Crippen LogP contribution is 2.57. The summed E-state index contributed by atoms with van der Waals surface area (Å²) in [5.74, 6) is 1.65. The van der Waals surface area contributed by atoms with Gasteiger partial charge in [-0.3, -0.25) is 4.99 Å². The Bertz CT molecular complexity index is 385. The van der Waals surface area contributed by atoms with E-state index in [1.165, 1.54) is 57.1 Å². The lowest BCUT2D eigenvalue weighted by Crippen LogP contribution is -2.05. The van der Waals surface area contributed by atoms with Crippen LogP contribution in [0.15, 0.2) is 28.9 Å². The summed E-state index contributed by atoms with van der Waals surface area (Å²) in [6.45, 7) is 6.49. The van der Waals surface area contributed by atoms with E-state index in [1.807, 2.05) is 13.1 Å². The van der Waals surface area contributed by atoms with Gasteiger partial charge in [-0.15, -0.1) is 0 Å². The second kappa shape index (κ2) is 7.24. The number of hydrogen-bond donors (Lipinski definition) is 0. The SMILES string of the molecule is CC=N/C(=C\C)[C@H]1CC1(C)/C=C/CCC1CCCCC1. The van der Waals surface area contributed by atoms with Gasteiger partial charge in [-0.1, -0.05) is 57.3 Å². The van der Waals surface area contributed by atoms with Crippen molar-refractivity contribution in [3.8, 4) is 0 Å². The zero-order chi connectivity index (χ0) is 14.4. The number of rotatable bonds is 6. The first kappa shape index (κ1) is 15.5. The van der Waals surface area contributed by atoms with Crippen molar-refractivity contribution < 1.29 is 0 Å². The predicted molar refractivity (Wildman–Crippen MR) is 89.1 cm³/mol. The smallest absolute Gasteiger partial charge is 0.0396 e. The summed E-state index contributed by atoms with van der Waals surface area (Å²) in [6, 6.07) is 0. The molecule has 0 aromatic heterocycles. The van der Waals surface area contributed by atoms with Crippen LogP contribution in [-0.2, 0) is 0 Å². The third-order valence-corrected chi connectivity index (χ3v) is 5.18. The standard InChI is InChI=1S/C19H31N/c1-4-18(20-5-2)17-15-19(17,3)14-10-9-13-16-11-7-6-8-12-16/h4-5,10,14,16-17H,6-9,11-13,15H2,1-3H3/b14-10+,18-4-,20-5?/t17-,19?/m1/s1. The topological polar surface area (TPSA) is 12.4 Å². The molecule has 0 saturated heterocycles. The average Bonchev–Trinajstić information content (AvgIpc) is 3.14. The number of aliphatic imine (C=N–C) groups is 1. The minimum Gasteiger partial charge on any atom is -0.266 e. The summed E-state index contributed by atoms with van der Waals surface area (Å²) >= 11 is 0. The van der Waals surface area contributed by atoms with Crippen LogP contribution >= 0.6 is 0 Å². The Labute approximate surface area is 125 Å². The van der Waals surface area contributed by atoms with Gasteiger partial charge in [0.15, 0.2) is 0 Å². The van der Waals surface area contributed by atoms with Crippen molar-refractivity contribution in [1.82, 2.24) is 0 Å². The summed E-state index contributed by atoms with van der Waals surface area (Å²) in [7, 11) is 0. The molecule has 2 rings (SSSR count). The van der Waals surface area contributed by atoms with Crippen LogP contribution in [0.5, 0.6) is 0 Å². The van der Waals surface area contributed by atoms with Crippen molar-refractivity contribution in [3.63, 3.8) is 0 Å². The quantitative estimate of drug-likeness (QED) is 0.420. The molecule has 1 unspecified atom stereocenters. The summed E-state index contributed by atoms with van der Waals surface area (Å²) in [4.78, 5) is 4.50. The molecule has 0 aliphatic heterocycles. The normalized spacial score (nSPS) is 32.4. The van der Waals surface area contributed by atoms with Gasteiger partial charge in [0.1, 0.15) is 0 Å². The Kier molecular flexibility index (Phi) is 5.63. The maximum absolute atomic E-state index is 4.50. The summed E-state index contributed by atoms with van der Waals surface area (Å²) in [6.07, 6.45) is 20.3. The van der Waals surface area contributed by atoms with Gasteiger partial charge in [0.05, 0.1) is 0 Å². The Hall–Kier alpha value is -0.850. The molecule has 2 fully saturated rings. The van der Waals surface area contributed by atoms with Crippen LogP contribution in [-0.4, -0.2) is 6.21 Å². The van der Waals surface area contributed by atoms with Gasteiger partial charge in [-0.2, -0.15) is 0 Å². The molecule has 2 atom stereocenters. The van der Waals surface area contributed by atoms with Crippen LogP contribution in [0.3, 0.4) is 0 Å². The van der Waals surface area contributed by atoms with Gasteiger partial charge in [-0.05, 0) is 44.4 Å². The molecule has 2 aliphatic rings. The maximum Gasteiger partial charge on any atom is 0.0396 e. The molecule has 2 aliphatic carbocycles. The van der Waals surface area contributed by atoms with Crippen LogP contribution in [0.25, 0.3) is 0 Å². The van der Waals surface area contributed by atoms with E-state index in [9.17, 15) is 0 Å². The van der Waals surface area contributed by atoms with E-state index in [0.29, 0.717) is 11.3 Å². The van der Waals surface area contributed by atoms with Crippen molar-refractivity contribution in [2.24, 2.45) is 22.2 Å².